The minimum atomic E-state index is -4.28. The van der Waals surface area contributed by atoms with Gasteiger partial charge in [0.25, 0.3) is 0 Å². The minimum absolute atomic E-state index is 0.321. The Morgan fingerprint density at radius 1 is 1.12 bits per heavy atom. The lowest BCUT2D eigenvalue weighted by molar-refractivity contribution is 0.0596. The largest absolute Gasteiger partial charge is 0.465 e. The van der Waals surface area contributed by atoms with Crippen LogP contribution in [0.1, 0.15) is 20.7 Å². The first-order valence-electron chi connectivity index (χ1n) is 6.81. The molecule has 24 heavy (non-hydrogen) atoms. The van der Waals surface area contributed by atoms with E-state index in [9.17, 15) is 22.4 Å². The predicted molar refractivity (Wildman–Crippen MR) is 83.7 cm³/mol. The molecule has 0 heterocycles. The zero-order valence-electron chi connectivity index (χ0n) is 12.7. The topological polar surface area (TPSA) is 89.5 Å². The molecule has 0 amide bonds. The zero-order chi connectivity index (χ0) is 17.7. The first-order chi connectivity index (χ1) is 11.3. The van der Waals surface area contributed by atoms with E-state index in [1.54, 1.807) is 30.3 Å². The Kier molecular flexibility index (Phi) is 5.42. The third-order valence-corrected chi connectivity index (χ3v) is 4.60. The summed E-state index contributed by atoms with van der Waals surface area (Å²) >= 11 is 0. The van der Waals surface area contributed by atoms with Crippen LogP contribution in [-0.4, -0.2) is 33.8 Å². The van der Waals surface area contributed by atoms with Crippen LogP contribution in [-0.2, 0) is 14.8 Å². The van der Waals surface area contributed by atoms with Crippen molar-refractivity contribution in [3.63, 3.8) is 0 Å². The van der Waals surface area contributed by atoms with Gasteiger partial charge in [-0.15, -0.1) is 0 Å². The molecule has 0 spiro atoms. The molecule has 0 fully saturated rings. The molecule has 0 atom stereocenters. The van der Waals surface area contributed by atoms with Crippen LogP contribution >= 0.6 is 0 Å². The molecular weight excluding hydrogens is 337 g/mol. The summed E-state index contributed by atoms with van der Waals surface area (Å²) in [7, 11) is -3.21. The van der Waals surface area contributed by atoms with Gasteiger partial charge < -0.3 is 4.74 Å². The van der Waals surface area contributed by atoms with Crippen LogP contribution in [0.5, 0.6) is 0 Å². The summed E-state index contributed by atoms with van der Waals surface area (Å²) in [6.07, 6.45) is 0. The van der Waals surface area contributed by atoms with E-state index in [1.807, 2.05) is 0 Å². The molecule has 0 aliphatic carbocycles. The quantitative estimate of drug-likeness (QED) is 0.633. The first kappa shape index (κ1) is 17.8. The van der Waals surface area contributed by atoms with Gasteiger partial charge in [-0.05, 0) is 18.2 Å². The molecule has 6 nitrogen and oxygen atoms in total. The Balaban J connectivity index is 2.26. The number of rotatable bonds is 6. The van der Waals surface area contributed by atoms with E-state index < -0.39 is 39.0 Å². The van der Waals surface area contributed by atoms with Gasteiger partial charge in [-0.3, -0.25) is 4.79 Å². The van der Waals surface area contributed by atoms with Crippen LogP contribution in [0.25, 0.3) is 0 Å². The summed E-state index contributed by atoms with van der Waals surface area (Å²) in [5, 5.41) is 0. The molecule has 1 N–H and O–H groups in total. The monoisotopic (exact) mass is 351 g/mol. The van der Waals surface area contributed by atoms with Gasteiger partial charge >= 0.3 is 5.97 Å². The van der Waals surface area contributed by atoms with Crippen LogP contribution < -0.4 is 4.72 Å². The maximum absolute atomic E-state index is 13.4. The van der Waals surface area contributed by atoms with E-state index in [2.05, 4.69) is 9.46 Å². The highest BCUT2D eigenvalue weighted by Gasteiger charge is 2.24. The summed E-state index contributed by atoms with van der Waals surface area (Å²) in [5.74, 6) is -2.22. The summed E-state index contributed by atoms with van der Waals surface area (Å²) < 4.78 is 44.6. The molecule has 0 saturated heterocycles. The van der Waals surface area contributed by atoms with Crippen molar-refractivity contribution in [2.24, 2.45) is 0 Å². The standard InChI is InChI=1S/C16H14FNO5S/c1-23-16(20)13-8-7-12(17)9-15(13)24(21,22)18-10-14(19)11-5-3-2-4-6-11/h2-9,18H,10H2,1H3. The Hall–Kier alpha value is -2.58. The lowest BCUT2D eigenvalue weighted by atomic mass is 10.1. The van der Waals surface area contributed by atoms with Crippen molar-refractivity contribution in [3.05, 3.63) is 65.5 Å². The van der Waals surface area contributed by atoms with Gasteiger partial charge in [0.1, 0.15) is 5.82 Å². The van der Waals surface area contributed by atoms with Gasteiger partial charge in [-0.2, -0.15) is 0 Å². The number of carbonyl (C=O) groups is 2. The number of esters is 1. The average Bonchev–Trinajstić information content (AvgIpc) is 2.59. The number of ether oxygens (including phenoxy) is 1. The Labute approximate surface area is 138 Å². The molecule has 0 aliphatic heterocycles. The van der Waals surface area contributed by atoms with E-state index in [-0.39, 0.29) is 5.56 Å². The predicted octanol–water partition coefficient (Wildman–Crippen LogP) is 1.77. The van der Waals surface area contributed by atoms with Gasteiger partial charge in [0.15, 0.2) is 5.78 Å². The molecule has 0 bridgehead atoms. The summed E-state index contributed by atoms with van der Waals surface area (Å²) in [6, 6.07) is 10.7. The third kappa shape index (κ3) is 4.03. The van der Waals surface area contributed by atoms with Gasteiger partial charge in [0.2, 0.25) is 10.0 Å². The average molecular weight is 351 g/mol. The van der Waals surface area contributed by atoms with Crippen molar-refractivity contribution in [3.8, 4) is 0 Å². The molecule has 0 unspecified atom stereocenters. The summed E-state index contributed by atoms with van der Waals surface area (Å²) in [5.41, 5.74) is 0.00573. The van der Waals surface area contributed by atoms with Gasteiger partial charge in [-0.25, -0.2) is 22.3 Å². The summed E-state index contributed by atoms with van der Waals surface area (Å²) in [6.45, 7) is -0.524. The lowest BCUT2D eigenvalue weighted by Gasteiger charge is -2.10. The normalized spacial score (nSPS) is 11.1. The molecule has 0 saturated carbocycles. The molecule has 2 aromatic carbocycles. The number of Topliss-reactive ketones (excluding diaryl/α,β-unsaturated/α-hetero) is 1. The van der Waals surface area contributed by atoms with Crippen LogP contribution in [0.3, 0.4) is 0 Å². The fourth-order valence-corrected chi connectivity index (χ4v) is 3.15. The number of halogens is 1. The van der Waals surface area contributed by atoms with Gasteiger partial charge in [0.05, 0.1) is 24.1 Å². The second-order valence-electron chi connectivity index (χ2n) is 4.75. The van der Waals surface area contributed by atoms with Crippen molar-refractivity contribution in [1.29, 1.82) is 0 Å². The second kappa shape index (κ2) is 7.33. The van der Waals surface area contributed by atoms with E-state index in [4.69, 9.17) is 0 Å². The number of nitrogens with one attached hydrogen (secondary N) is 1. The Morgan fingerprint density at radius 3 is 2.42 bits per heavy atom. The molecule has 126 valence electrons. The highest BCUT2D eigenvalue weighted by atomic mass is 32.2. The minimum Gasteiger partial charge on any atom is -0.465 e. The smallest absolute Gasteiger partial charge is 0.339 e. The van der Waals surface area contributed by atoms with Crippen molar-refractivity contribution >= 4 is 21.8 Å². The molecule has 2 aromatic rings. The third-order valence-electron chi connectivity index (χ3n) is 3.16. The zero-order valence-corrected chi connectivity index (χ0v) is 13.5. The first-order valence-corrected chi connectivity index (χ1v) is 8.29. The highest BCUT2D eigenvalue weighted by Crippen LogP contribution is 2.18. The summed E-state index contributed by atoms with van der Waals surface area (Å²) in [4.78, 5) is 23.0. The number of hydrogen-bond acceptors (Lipinski definition) is 5. The maximum Gasteiger partial charge on any atom is 0.339 e. The van der Waals surface area contributed by atoms with E-state index in [0.717, 1.165) is 19.2 Å². The van der Waals surface area contributed by atoms with Crippen molar-refractivity contribution in [2.45, 2.75) is 4.90 Å². The number of benzene rings is 2. The van der Waals surface area contributed by atoms with Crippen LogP contribution in [0.15, 0.2) is 53.4 Å². The van der Waals surface area contributed by atoms with Gasteiger partial charge in [0, 0.05) is 5.56 Å². The maximum atomic E-state index is 13.4. The molecule has 0 aliphatic rings. The Bertz CT molecular complexity index is 865. The fraction of sp³-hybridized carbons (Fsp3) is 0.125. The fourth-order valence-electron chi connectivity index (χ4n) is 1.96. The van der Waals surface area contributed by atoms with E-state index in [1.165, 1.54) is 0 Å². The number of hydrogen-bond donors (Lipinski definition) is 1. The van der Waals surface area contributed by atoms with Crippen LogP contribution in [0.4, 0.5) is 4.39 Å². The number of sulfonamides is 1. The number of methoxy groups -OCH3 is 1. The molecule has 8 heteroatoms. The SMILES string of the molecule is COC(=O)c1ccc(F)cc1S(=O)(=O)NCC(=O)c1ccccc1. The van der Waals surface area contributed by atoms with Crippen LogP contribution in [0.2, 0.25) is 0 Å². The van der Waals surface area contributed by atoms with Gasteiger partial charge in [-0.1, -0.05) is 30.3 Å². The lowest BCUT2D eigenvalue weighted by Crippen LogP contribution is -2.31. The molecule has 0 aromatic heterocycles. The molecule has 2 rings (SSSR count). The Morgan fingerprint density at radius 2 is 1.79 bits per heavy atom. The second-order valence-corrected chi connectivity index (χ2v) is 6.48. The number of carbonyl (C=O) groups excluding carboxylic acids is 2. The van der Waals surface area contributed by atoms with Crippen LogP contribution in [0, 0.1) is 5.82 Å². The van der Waals surface area contributed by atoms with Crippen molar-refractivity contribution in [2.75, 3.05) is 13.7 Å². The highest BCUT2D eigenvalue weighted by molar-refractivity contribution is 7.89. The number of ketones is 1. The van der Waals surface area contributed by atoms with Crippen molar-refractivity contribution < 1.29 is 27.1 Å². The van der Waals surface area contributed by atoms with E-state index >= 15 is 0 Å². The van der Waals surface area contributed by atoms with E-state index in [0.29, 0.717) is 11.6 Å². The molecular formula is C16H14FNO5S. The molecule has 0 radical (unpaired) electrons. The van der Waals surface area contributed by atoms with Crippen molar-refractivity contribution in [1.82, 2.24) is 4.72 Å².